The average molecular weight is 405 g/mol. The van der Waals surface area contributed by atoms with Crippen LogP contribution in [0.15, 0.2) is 47.6 Å². The van der Waals surface area contributed by atoms with E-state index in [1.165, 1.54) is 11.8 Å². The molecule has 0 N–H and O–H groups in total. The molecule has 0 saturated carbocycles. The van der Waals surface area contributed by atoms with Crippen LogP contribution in [-0.2, 0) is 0 Å². The summed E-state index contributed by atoms with van der Waals surface area (Å²) in [5.41, 5.74) is 1.54. The molecule has 0 fully saturated rings. The van der Waals surface area contributed by atoms with Crippen molar-refractivity contribution in [1.29, 1.82) is 5.26 Å². The third-order valence-electron chi connectivity index (χ3n) is 3.54. The topological polar surface area (TPSA) is 63.7 Å². The fourth-order valence-corrected chi connectivity index (χ4v) is 3.57. The van der Waals surface area contributed by atoms with Gasteiger partial charge in [0, 0.05) is 27.8 Å². The zero-order chi connectivity index (χ0) is 18.5. The Balaban J connectivity index is 2.18. The molecule has 0 saturated heterocycles. The molecular weight excluding hydrogens is 391 g/mol. The summed E-state index contributed by atoms with van der Waals surface area (Å²) >= 11 is 13.8. The molecular formula is C18H14Cl2N4OS. The number of rotatable bonds is 6. The van der Waals surface area contributed by atoms with Crippen LogP contribution in [0.3, 0.4) is 0 Å². The minimum Gasteiger partial charge on any atom is -0.495 e. The lowest BCUT2D eigenvalue weighted by atomic mass is 10.2. The molecule has 2 aromatic carbocycles. The van der Waals surface area contributed by atoms with E-state index in [1.807, 2.05) is 22.8 Å². The van der Waals surface area contributed by atoms with Gasteiger partial charge in [-0.25, -0.2) is 0 Å². The maximum atomic E-state index is 8.80. The third-order valence-corrected chi connectivity index (χ3v) is 4.94. The molecule has 0 aliphatic heterocycles. The Kier molecular flexibility index (Phi) is 6.04. The predicted molar refractivity (Wildman–Crippen MR) is 104 cm³/mol. The van der Waals surface area contributed by atoms with E-state index in [4.69, 9.17) is 33.2 Å². The van der Waals surface area contributed by atoms with Crippen molar-refractivity contribution in [2.45, 2.75) is 11.6 Å². The van der Waals surface area contributed by atoms with Crippen LogP contribution in [0.5, 0.6) is 5.75 Å². The second kappa shape index (κ2) is 8.45. The summed E-state index contributed by atoms with van der Waals surface area (Å²) in [6.45, 7) is 0. The molecule has 1 heterocycles. The molecule has 0 aliphatic rings. The average Bonchev–Trinajstić information content (AvgIpc) is 3.05. The lowest BCUT2D eigenvalue weighted by Crippen LogP contribution is -2.02. The lowest BCUT2D eigenvalue weighted by molar-refractivity contribution is 0.412. The highest BCUT2D eigenvalue weighted by atomic mass is 35.5. The molecule has 0 bridgehead atoms. The first-order chi connectivity index (χ1) is 12.6. The number of nitriles is 1. The summed E-state index contributed by atoms with van der Waals surface area (Å²) in [7, 11) is 1.60. The summed E-state index contributed by atoms with van der Waals surface area (Å²) in [6, 6.07) is 14.9. The number of aromatic nitrogens is 3. The van der Waals surface area contributed by atoms with Crippen LogP contribution in [0.25, 0.3) is 17.1 Å². The highest BCUT2D eigenvalue weighted by molar-refractivity contribution is 7.99. The highest BCUT2D eigenvalue weighted by Crippen LogP contribution is 2.34. The van der Waals surface area contributed by atoms with Crippen molar-refractivity contribution in [2.24, 2.45) is 0 Å². The van der Waals surface area contributed by atoms with E-state index in [9.17, 15) is 0 Å². The Morgan fingerprint density at radius 3 is 2.69 bits per heavy atom. The van der Waals surface area contributed by atoms with Crippen molar-refractivity contribution in [2.75, 3.05) is 12.9 Å². The van der Waals surface area contributed by atoms with Crippen LogP contribution in [0, 0.1) is 11.3 Å². The third kappa shape index (κ3) is 3.96. The summed E-state index contributed by atoms with van der Waals surface area (Å²) in [4.78, 5) is 0. The van der Waals surface area contributed by atoms with Gasteiger partial charge in [0.25, 0.3) is 0 Å². The first-order valence-electron chi connectivity index (χ1n) is 7.69. The van der Waals surface area contributed by atoms with Gasteiger partial charge in [-0.3, -0.25) is 4.57 Å². The number of benzene rings is 2. The smallest absolute Gasteiger partial charge is 0.196 e. The summed E-state index contributed by atoms with van der Waals surface area (Å²) in [5.74, 6) is 1.86. The number of methoxy groups -OCH3 is 1. The number of nitrogens with zero attached hydrogens (tertiary/aromatic N) is 4. The minimum atomic E-state index is 0.413. The molecule has 0 unspecified atom stereocenters. The van der Waals surface area contributed by atoms with E-state index in [0.717, 1.165) is 11.3 Å². The minimum absolute atomic E-state index is 0.413. The monoisotopic (exact) mass is 404 g/mol. The van der Waals surface area contributed by atoms with Gasteiger partial charge in [-0.05, 0) is 30.3 Å². The van der Waals surface area contributed by atoms with E-state index in [2.05, 4.69) is 16.3 Å². The molecule has 0 spiro atoms. The van der Waals surface area contributed by atoms with E-state index in [0.29, 0.717) is 38.9 Å². The Morgan fingerprint density at radius 2 is 1.96 bits per heavy atom. The number of hydrogen-bond acceptors (Lipinski definition) is 5. The van der Waals surface area contributed by atoms with Crippen molar-refractivity contribution in [3.8, 4) is 28.9 Å². The summed E-state index contributed by atoms with van der Waals surface area (Å²) in [6.07, 6.45) is 0.413. The summed E-state index contributed by atoms with van der Waals surface area (Å²) < 4.78 is 7.37. The zero-order valence-corrected chi connectivity index (χ0v) is 16.1. The second-order valence-electron chi connectivity index (χ2n) is 5.22. The van der Waals surface area contributed by atoms with Crippen LogP contribution >= 0.6 is 35.0 Å². The number of ether oxygens (including phenoxy) is 1. The van der Waals surface area contributed by atoms with Gasteiger partial charge in [0.1, 0.15) is 5.75 Å². The molecule has 1 aromatic heterocycles. The van der Waals surface area contributed by atoms with Crippen LogP contribution in [-0.4, -0.2) is 27.6 Å². The van der Waals surface area contributed by atoms with Gasteiger partial charge >= 0.3 is 0 Å². The Hall–Kier alpha value is -2.20. The standard InChI is InChI=1S/C18H14Cl2N4OS/c1-25-16-7-6-14(20)11-15(16)24-17(12-4-2-5-13(19)10-12)22-23-18(24)26-9-3-8-21/h2,4-7,10-11H,3,9H2,1H3. The number of halogens is 2. The van der Waals surface area contributed by atoms with Gasteiger partial charge in [0.2, 0.25) is 0 Å². The highest BCUT2D eigenvalue weighted by Gasteiger charge is 2.19. The fraction of sp³-hybridized carbons (Fsp3) is 0.167. The molecule has 0 atom stereocenters. The molecule has 132 valence electrons. The molecule has 3 aromatic rings. The van der Waals surface area contributed by atoms with Crippen LogP contribution in [0.1, 0.15) is 6.42 Å². The summed E-state index contributed by atoms with van der Waals surface area (Å²) in [5, 5.41) is 19.3. The first-order valence-corrected chi connectivity index (χ1v) is 9.43. The largest absolute Gasteiger partial charge is 0.495 e. The van der Waals surface area contributed by atoms with E-state index in [-0.39, 0.29) is 0 Å². The van der Waals surface area contributed by atoms with E-state index >= 15 is 0 Å². The molecule has 0 amide bonds. The number of hydrogen-bond donors (Lipinski definition) is 0. The van der Waals surface area contributed by atoms with Gasteiger partial charge < -0.3 is 4.74 Å². The molecule has 0 radical (unpaired) electrons. The first kappa shape index (κ1) is 18.6. The van der Waals surface area contributed by atoms with Crippen molar-refractivity contribution >= 4 is 35.0 Å². The Morgan fingerprint density at radius 1 is 1.15 bits per heavy atom. The van der Waals surface area contributed by atoms with Gasteiger partial charge in [0.05, 0.1) is 18.9 Å². The molecule has 0 aliphatic carbocycles. The molecule has 8 heteroatoms. The molecule has 5 nitrogen and oxygen atoms in total. The zero-order valence-electron chi connectivity index (χ0n) is 13.8. The fourth-order valence-electron chi connectivity index (χ4n) is 2.42. The quantitative estimate of drug-likeness (QED) is 0.414. The molecule has 26 heavy (non-hydrogen) atoms. The van der Waals surface area contributed by atoms with Crippen molar-refractivity contribution in [1.82, 2.24) is 14.8 Å². The second-order valence-corrected chi connectivity index (χ2v) is 7.16. The normalized spacial score (nSPS) is 10.5. The van der Waals surface area contributed by atoms with Gasteiger partial charge in [-0.2, -0.15) is 5.26 Å². The van der Waals surface area contributed by atoms with Crippen molar-refractivity contribution in [3.63, 3.8) is 0 Å². The maximum Gasteiger partial charge on any atom is 0.196 e. The van der Waals surface area contributed by atoms with Crippen LogP contribution < -0.4 is 4.74 Å². The van der Waals surface area contributed by atoms with Crippen molar-refractivity contribution < 1.29 is 4.74 Å². The molecule has 3 rings (SSSR count). The van der Waals surface area contributed by atoms with Crippen molar-refractivity contribution in [3.05, 3.63) is 52.5 Å². The van der Waals surface area contributed by atoms with Gasteiger partial charge in [-0.15, -0.1) is 10.2 Å². The van der Waals surface area contributed by atoms with E-state index in [1.54, 1.807) is 31.4 Å². The van der Waals surface area contributed by atoms with E-state index < -0.39 is 0 Å². The number of thioether (sulfide) groups is 1. The SMILES string of the molecule is COc1ccc(Cl)cc1-n1c(SCCC#N)nnc1-c1cccc(Cl)c1. The Bertz CT molecular complexity index is 968. The lowest BCUT2D eigenvalue weighted by Gasteiger charge is -2.14. The van der Waals surface area contributed by atoms with Gasteiger partial charge in [0.15, 0.2) is 11.0 Å². The predicted octanol–water partition coefficient (Wildman–Crippen LogP) is 5.26. The van der Waals surface area contributed by atoms with Crippen LogP contribution in [0.2, 0.25) is 10.0 Å². The van der Waals surface area contributed by atoms with Crippen LogP contribution in [0.4, 0.5) is 0 Å². The Labute approximate surface area is 165 Å². The maximum absolute atomic E-state index is 8.80. The van der Waals surface area contributed by atoms with Gasteiger partial charge in [-0.1, -0.05) is 47.1 Å².